The van der Waals surface area contributed by atoms with E-state index in [0.29, 0.717) is 18.7 Å². The molecule has 1 aromatic rings. The third-order valence-electron chi connectivity index (χ3n) is 2.26. The largest absolute Gasteiger partial charge is 0.396 e. The highest BCUT2D eigenvalue weighted by atomic mass is 16.6. The topological polar surface area (TPSA) is 88.3 Å². The number of anilines is 1. The van der Waals surface area contributed by atoms with Crippen LogP contribution in [0.5, 0.6) is 0 Å². The average Bonchev–Trinajstić information content (AvgIpc) is 2.27. The molecule has 0 aliphatic heterocycles. The smallest absolute Gasteiger partial charge is 0.310 e. The molecule has 0 bridgehead atoms. The monoisotopic (exact) mass is 225 g/mol. The maximum absolute atomic E-state index is 10.7. The molecule has 1 unspecified atom stereocenters. The Balaban J connectivity index is 2.63. The van der Waals surface area contributed by atoms with Crippen LogP contribution in [0.4, 0.5) is 11.4 Å². The van der Waals surface area contributed by atoms with Crippen LogP contribution in [0, 0.1) is 16.0 Å². The van der Waals surface area contributed by atoms with Gasteiger partial charge in [0.1, 0.15) is 11.9 Å². The van der Waals surface area contributed by atoms with Crippen molar-refractivity contribution in [3.8, 4) is 0 Å². The fourth-order valence-corrected chi connectivity index (χ4v) is 1.29. The molecule has 1 rings (SSSR count). The second kappa shape index (κ2) is 6.02. The zero-order valence-electron chi connectivity index (χ0n) is 9.09. The number of rotatable bonds is 6. The van der Waals surface area contributed by atoms with Gasteiger partial charge in [-0.3, -0.25) is 15.1 Å². The molecule has 1 aromatic heterocycles. The van der Waals surface area contributed by atoms with Crippen LogP contribution in [-0.2, 0) is 0 Å². The Morgan fingerprint density at radius 1 is 1.69 bits per heavy atom. The fourth-order valence-electron chi connectivity index (χ4n) is 1.29. The molecule has 6 heteroatoms. The lowest BCUT2D eigenvalue weighted by molar-refractivity contribution is -0.384. The number of nitrogens with one attached hydrogen (secondary N) is 1. The summed E-state index contributed by atoms with van der Waals surface area (Å²) in [5.74, 6) is 0.262. The van der Waals surface area contributed by atoms with Gasteiger partial charge in [-0.05, 0) is 18.4 Å². The number of aromatic nitrogens is 1. The molecule has 0 spiro atoms. The van der Waals surface area contributed by atoms with Gasteiger partial charge in [-0.2, -0.15) is 0 Å². The van der Waals surface area contributed by atoms with E-state index in [2.05, 4.69) is 10.3 Å². The van der Waals surface area contributed by atoms with Gasteiger partial charge in [-0.15, -0.1) is 0 Å². The van der Waals surface area contributed by atoms with Crippen molar-refractivity contribution in [1.82, 2.24) is 4.98 Å². The molecule has 1 atom stereocenters. The maximum atomic E-state index is 10.7. The molecule has 0 radical (unpaired) electrons. The molecule has 0 aromatic carbocycles. The molecule has 0 saturated carbocycles. The summed E-state index contributed by atoms with van der Waals surface area (Å²) in [5.41, 5.74) is 0.434. The van der Waals surface area contributed by atoms with E-state index in [1.807, 2.05) is 6.92 Å². The molecule has 16 heavy (non-hydrogen) atoms. The lowest BCUT2D eigenvalue weighted by Gasteiger charge is -2.11. The Morgan fingerprint density at radius 2 is 2.44 bits per heavy atom. The Morgan fingerprint density at radius 3 is 3.06 bits per heavy atom. The zero-order valence-corrected chi connectivity index (χ0v) is 9.09. The average molecular weight is 225 g/mol. The second-order valence-corrected chi connectivity index (χ2v) is 3.65. The number of hydrogen-bond donors (Lipinski definition) is 2. The highest BCUT2D eigenvalue weighted by Crippen LogP contribution is 2.22. The molecule has 0 amide bonds. The third-order valence-corrected chi connectivity index (χ3v) is 2.26. The summed E-state index contributed by atoms with van der Waals surface area (Å²) in [6.07, 6.45) is 3.40. The minimum atomic E-state index is -0.466. The van der Waals surface area contributed by atoms with Crippen LogP contribution in [0.3, 0.4) is 0 Å². The molecule has 0 saturated heterocycles. The number of aliphatic hydroxyl groups excluding tert-OH is 1. The van der Waals surface area contributed by atoms with Crippen molar-refractivity contribution in [3.05, 3.63) is 28.6 Å². The van der Waals surface area contributed by atoms with E-state index >= 15 is 0 Å². The molecule has 0 aliphatic carbocycles. The van der Waals surface area contributed by atoms with Crippen molar-refractivity contribution >= 4 is 11.4 Å². The van der Waals surface area contributed by atoms with Gasteiger partial charge in [0.15, 0.2) is 0 Å². The standard InChI is InChI=1S/C10H15N3O3/c1-8(3-5-14)6-12-9-2-4-11-7-10(9)13(15)16/h2,4,7-8,14H,3,5-6H2,1H3,(H,11,12). The van der Waals surface area contributed by atoms with Gasteiger partial charge in [-0.1, -0.05) is 6.92 Å². The van der Waals surface area contributed by atoms with Gasteiger partial charge in [0, 0.05) is 19.3 Å². The summed E-state index contributed by atoms with van der Waals surface area (Å²) >= 11 is 0. The molecule has 0 fully saturated rings. The first-order valence-corrected chi connectivity index (χ1v) is 5.08. The SMILES string of the molecule is CC(CCO)CNc1ccncc1[N+](=O)[O-]. The highest BCUT2D eigenvalue weighted by Gasteiger charge is 2.13. The van der Waals surface area contributed by atoms with Gasteiger partial charge in [0.05, 0.1) is 4.92 Å². The fraction of sp³-hybridized carbons (Fsp3) is 0.500. The Hall–Kier alpha value is -1.69. The summed E-state index contributed by atoms with van der Waals surface area (Å²) in [4.78, 5) is 13.9. The lowest BCUT2D eigenvalue weighted by atomic mass is 10.1. The van der Waals surface area contributed by atoms with Crippen molar-refractivity contribution in [1.29, 1.82) is 0 Å². The number of nitro groups is 1. The van der Waals surface area contributed by atoms with Gasteiger partial charge < -0.3 is 10.4 Å². The molecular formula is C10H15N3O3. The van der Waals surface area contributed by atoms with Crippen LogP contribution < -0.4 is 5.32 Å². The first-order valence-electron chi connectivity index (χ1n) is 5.08. The van der Waals surface area contributed by atoms with Crippen molar-refractivity contribution < 1.29 is 10.0 Å². The molecule has 2 N–H and O–H groups in total. The number of aliphatic hydroxyl groups is 1. The van der Waals surface area contributed by atoms with E-state index in [1.54, 1.807) is 6.07 Å². The van der Waals surface area contributed by atoms with Crippen molar-refractivity contribution in [3.63, 3.8) is 0 Å². The van der Waals surface area contributed by atoms with Crippen LogP contribution in [0.15, 0.2) is 18.5 Å². The molecule has 6 nitrogen and oxygen atoms in total. The van der Waals surface area contributed by atoms with E-state index in [9.17, 15) is 10.1 Å². The predicted molar refractivity (Wildman–Crippen MR) is 60.2 cm³/mol. The van der Waals surface area contributed by atoms with Crippen molar-refractivity contribution in [2.45, 2.75) is 13.3 Å². The quantitative estimate of drug-likeness (QED) is 0.564. The van der Waals surface area contributed by atoms with E-state index in [-0.39, 0.29) is 18.2 Å². The third kappa shape index (κ3) is 3.47. The van der Waals surface area contributed by atoms with E-state index in [4.69, 9.17) is 5.11 Å². The van der Waals surface area contributed by atoms with Crippen LogP contribution in [0.2, 0.25) is 0 Å². The van der Waals surface area contributed by atoms with Crippen molar-refractivity contribution in [2.24, 2.45) is 5.92 Å². The molecule has 0 aliphatic rings. The van der Waals surface area contributed by atoms with E-state index < -0.39 is 4.92 Å². The van der Waals surface area contributed by atoms with Gasteiger partial charge in [0.25, 0.3) is 0 Å². The maximum Gasteiger partial charge on any atom is 0.310 e. The van der Waals surface area contributed by atoms with Crippen LogP contribution in [0.25, 0.3) is 0 Å². The predicted octanol–water partition coefficient (Wildman–Crippen LogP) is 1.42. The van der Waals surface area contributed by atoms with Crippen LogP contribution in [0.1, 0.15) is 13.3 Å². The number of hydrogen-bond acceptors (Lipinski definition) is 5. The van der Waals surface area contributed by atoms with Gasteiger partial charge >= 0.3 is 5.69 Å². The minimum absolute atomic E-state index is 0.0290. The molecule has 1 heterocycles. The molecule has 88 valence electrons. The first kappa shape index (κ1) is 12.4. The molecular weight excluding hydrogens is 210 g/mol. The van der Waals surface area contributed by atoms with E-state index in [1.165, 1.54) is 12.4 Å². The zero-order chi connectivity index (χ0) is 12.0. The second-order valence-electron chi connectivity index (χ2n) is 3.65. The first-order chi connectivity index (χ1) is 7.65. The summed E-state index contributed by atoms with van der Waals surface area (Å²) < 4.78 is 0. The Bertz CT molecular complexity index is 357. The highest BCUT2D eigenvalue weighted by molar-refractivity contribution is 5.59. The Kier molecular flexibility index (Phi) is 4.65. The van der Waals surface area contributed by atoms with Gasteiger partial charge in [0.2, 0.25) is 0 Å². The van der Waals surface area contributed by atoms with Crippen LogP contribution in [-0.4, -0.2) is 28.2 Å². The summed E-state index contributed by atoms with van der Waals surface area (Å²) in [7, 11) is 0. The number of nitrogens with zero attached hydrogens (tertiary/aromatic N) is 2. The van der Waals surface area contributed by atoms with Crippen LogP contribution >= 0.6 is 0 Å². The van der Waals surface area contributed by atoms with Gasteiger partial charge in [-0.25, -0.2) is 0 Å². The number of pyridine rings is 1. The Labute approximate surface area is 93.5 Å². The normalized spacial score (nSPS) is 12.1. The summed E-state index contributed by atoms with van der Waals surface area (Å²) in [6, 6.07) is 1.57. The lowest BCUT2D eigenvalue weighted by Crippen LogP contribution is -2.13. The van der Waals surface area contributed by atoms with Crippen molar-refractivity contribution in [2.75, 3.05) is 18.5 Å². The minimum Gasteiger partial charge on any atom is -0.396 e. The summed E-state index contributed by atoms with van der Waals surface area (Å²) in [6.45, 7) is 2.68. The summed E-state index contributed by atoms with van der Waals surface area (Å²) in [5, 5.41) is 22.4. The van der Waals surface area contributed by atoms with E-state index in [0.717, 1.165) is 0 Å².